The number of nitro groups is 1. The van der Waals surface area contributed by atoms with E-state index in [9.17, 15) is 10.1 Å². The molecule has 1 aromatic rings. The number of benzene rings is 1. The fraction of sp³-hybridized carbons (Fsp3) is 0.500. The molecule has 1 rings (SSSR count). The van der Waals surface area contributed by atoms with Gasteiger partial charge in [0.2, 0.25) is 0 Å². The van der Waals surface area contributed by atoms with Gasteiger partial charge in [0, 0.05) is 11.6 Å². The lowest BCUT2D eigenvalue weighted by Crippen LogP contribution is -2.01. The maximum Gasteiger partial charge on any atom is 0.272 e. The van der Waals surface area contributed by atoms with Crippen LogP contribution in [0.3, 0.4) is 0 Å². The topological polar surface area (TPSA) is 43.1 Å². The first-order valence-corrected chi connectivity index (χ1v) is 5.44. The van der Waals surface area contributed by atoms with E-state index in [4.69, 9.17) is 0 Å². The van der Waals surface area contributed by atoms with Crippen LogP contribution in [0, 0.1) is 10.1 Å². The molecule has 0 N–H and O–H groups in total. The Balaban J connectivity index is 3.04. The Hall–Kier alpha value is -1.38. The van der Waals surface area contributed by atoms with Crippen LogP contribution in [0.5, 0.6) is 0 Å². The van der Waals surface area contributed by atoms with Gasteiger partial charge in [-0.3, -0.25) is 10.1 Å². The summed E-state index contributed by atoms with van der Waals surface area (Å²) in [5, 5.41) is 10.9. The van der Waals surface area contributed by atoms with Gasteiger partial charge in [0.15, 0.2) is 0 Å². The Morgan fingerprint density at radius 2 is 2.00 bits per heavy atom. The van der Waals surface area contributed by atoms with E-state index in [1.54, 1.807) is 12.1 Å². The molecule has 0 aliphatic heterocycles. The molecule has 0 bridgehead atoms. The van der Waals surface area contributed by atoms with Crippen molar-refractivity contribution in [3.63, 3.8) is 0 Å². The predicted octanol–water partition coefficient (Wildman–Crippen LogP) is 3.89. The Kier molecular flexibility index (Phi) is 4.28. The molecule has 0 fully saturated rings. The molecular formula is C12H17NO2. The minimum Gasteiger partial charge on any atom is -0.258 e. The second kappa shape index (κ2) is 5.49. The number of hydrogen-bond acceptors (Lipinski definition) is 2. The highest BCUT2D eigenvalue weighted by molar-refractivity contribution is 5.42. The van der Waals surface area contributed by atoms with Crippen LogP contribution in [0.2, 0.25) is 0 Å². The largest absolute Gasteiger partial charge is 0.272 e. The second-order valence-electron chi connectivity index (χ2n) is 3.71. The third-order valence-corrected chi connectivity index (χ3v) is 2.70. The first kappa shape index (κ1) is 11.7. The van der Waals surface area contributed by atoms with Crippen LogP contribution in [0.4, 0.5) is 5.69 Å². The molecule has 0 amide bonds. The third kappa shape index (κ3) is 2.78. The van der Waals surface area contributed by atoms with E-state index in [-0.39, 0.29) is 10.6 Å². The molecule has 0 saturated heterocycles. The average Bonchev–Trinajstić information content (AvgIpc) is 2.26. The molecule has 3 heteroatoms. The molecule has 15 heavy (non-hydrogen) atoms. The molecule has 0 heterocycles. The number of para-hydroxylation sites is 1. The van der Waals surface area contributed by atoms with Crippen LogP contribution >= 0.6 is 0 Å². The molecule has 0 radical (unpaired) electrons. The van der Waals surface area contributed by atoms with Crippen molar-refractivity contribution in [3.8, 4) is 0 Å². The van der Waals surface area contributed by atoms with Crippen molar-refractivity contribution in [1.82, 2.24) is 0 Å². The van der Waals surface area contributed by atoms with Gasteiger partial charge in [-0.2, -0.15) is 0 Å². The normalized spacial score (nSPS) is 12.4. The van der Waals surface area contributed by atoms with Gasteiger partial charge in [0.1, 0.15) is 0 Å². The molecule has 1 aromatic carbocycles. The summed E-state index contributed by atoms with van der Waals surface area (Å²) < 4.78 is 0. The first-order chi connectivity index (χ1) is 7.20. The van der Waals surface area contributed by atoms with E-state index >= 15 is 0 Å². The summed E-state index contributed by atoms with van der Waals surface area (Å²) in [4.78, 5) is 10.6. The van der Waals surface area contributed by atoms with Gasteiger partial charge in [-0.1, -0.05) is 38.5 Å². The van der Waals surface area contributed by atoms with Gasteiger partial charge in [0.05, 0.1) is 4.92 Å². The Morgan fingerprint density at radius 1 is 1.33 bits per heavy atom. The average molecular weight is 207 g/mol. The van der Waals surface area contributed by atoms with Gasteiger partial charge in [0.25, 0.3) is 5.69 Å². The molecule has 0 aliphatic carbocycles. The fourth-order valence-corrected chi connectivity index (χ4v) is 1.93. The van der Waals surface area contributed by atoms with Crippen molar-refractivity contribution in [1.29, 1.82) is 0 Å². The highest BCUT2D eigenvalue weighted by atomic mass is 16.6. The number of rotatable bonds is 5. The Labute approximate surface area is 90.3 Å². The summed E-state index contributed by atoms with van der Waals surface area (Å²) in [5.41, 5.74) is 1.14. The van der Waals surface area contributed by atoms with Crippen LogP contribution in [0.1, 0.15) is 44.6 Å². The van der Waals surface area contributed by atoms with E-state index in [2.05, 4.69) is 13.8 Å². The summed E-state index contributed by atoms with van der Waals surface area (Å²) in [6.45, 7) is 4.19. The molecule has 1 unspecified atom stereocenters. The minimum atomic E-state index is -0.284. The van der Waals surface area contributed by atoms with E-state index in [1.165, 1.54) is 0 Å². The van der Waals surface area contributed by atoms with E-state index in [0.29, 0.717) is 5.92 Å². The highest BCUT2D eigenvalue weighted by Gasteiger charge is 2.19. The van der Waals surface area contributed by atoms with Crippen LogP contribution in [0.25, 0.3) is 0 Å². The monoisotopic (exact) mass is 207 g/mol. The zero-order valence-electron chi connectivity index (χ0n) is 9.27. The maximum atomic E-state index is 10.9. The number of hydrogen-bond donors (Lipinski definition) is 0. The summed E-state index contributed by atoms with van der Waals surface area (Å²) >= 11 is 0. The molecular weight excluding hydrogens is 190 g/mol. The van der Waals surface area contributed by atoms with Gasteiger partial charge >= 0.3 is 0 Å². The standard InChI is InChI=1S/C12H17NO2/c1-3-7-10(4-2)11-8-5-6-9-12(11)13(14)15/h5-6,8-10H,3-4,7H2,1-2H3. The Morgan fingerprint density at radius 3 is 2.53 bits per heavy atom. The lowest BCUT2D eigenvalue weighted by atomic mass is 9.91. The zero-order valence-corrected chi connectivity index (χ0v) is 9.27. The van der Waals surface area contributed by atoms with Crippen LogP contribution < -0.4 is 0 Å². The van der Waals surface area contributed by atoms with Crippen molar-refractivity contribution < 1.29 is 4.92 Å². The van der Waals surface area contributed by atoms with Crippen LogP contribution in [-0.2, 0) is 0 Å². The van der Waals surface area contributed by atoms with Crippen molar-refractivity contribution >= 4 is 5.69 Å². The molecule has 3 nitrogen and oxygen atoms in total. The third-order valence-electron chi connectivity index (χ3n) is 2.70. The number of nitrogens with zero attached hydrogens (tertiary/aromatic N) is 1. The van der Waals surface area contributed by atoms with E-state index in [0.717, 1.165) is 24.8 Å². The van der Waals surface area contributed by atoms with Crippen molar-refractivity contribution in [3.05, 3.63) is 39.9 Å². The van der Waals surface area contributed by atoms with Gasteiger partial charge in [-0.15, -0.1) is 0 Å². The quantitative estimate of drug-likeness (QED) is 0.543. The summed E-state index contributed by atoms with van der Waals surface area (Å²) in [6.07, 6.45) is 3.03. The van der Waals surface area contributed by atoms with Crippen molar-refractivity contribution in [2.24, 2.45) is 0 Å². The number of nitro benzene ring substituents is 1. The van der Waals surface area contributed by atoms with Crippen molar-refractivity contribution in [2.45, 2.75) is 39.0 Å². The van der Waals surface area contributed by atoms with Gasteiger partial charge in [-0.25, -0.2) is 0 Å². The van der Waals surface area contributed by atoms with Crippen LogP contribution in [0.15, 0.2) is 24.3 Å². The van der Waals surface area contributed by atoms with Crippen LogP contribution in [-0.4, -0.2) is 4.92 Å². The van der Waals surface area contributed by atoms with Gasteiger partial charge < -0.3 is 0 Å². The van der Waals surface area contributed by atoms with E-state index < -0.39 is 0 Å². The summed E-state index contributed by atoms with van der Waals surface area (Å²) in [6, 6.07) is 7.07. The molecule has 0 saturated carbocycles. The first-order valence-electron chi connectivity index (χ1n) is 5.44. The van der Waals surface area contributed by atoms with E-state index in [1.807, 2.05) is 12.1 Å². The van der Waals surface area contributed by atoms with Gasteiger partial charge in [-0.05, 0) is 18.8 Å². The summed E-state index contributed by atoms with van der Waals surface area (Å²) in [7, 11) is 0. The highest BCUT2D eigenvalue weighted by Crippen LogP contribution is 2.31. The molecule has 0 aliphatic rings. The lowest BCUT2D eigenvalue weighted by molar-refractivity contribution is -0.385. The molecule has 0 aromatic heterocycles. The van der Waals surface area contributed by atoms with Crippen molar-refractivity contribution in [2.75, 3.05) is 0 Å². The zero-order chi connectivity index (χ0) is 11.3. The SMILES string of the molecule is CCCC(CC)c1ccccc1[N+](=O)[O-]. The fourth-order valence-electron chi connectivity index (χ4n) is 1.93. The smallest absolute Gasteiger partial charge is 0.258 e. The Bertz CT molecular complexity index is 336. The molecule has 0 spiro atoms. The lowest BCUT2D eigenvalue weighted by Gasteiger charge is -2.13. The molecule has 82 valence electrons. The minimum absolute atomic E-state index is 0.262. The second-order valence-corrected chi connectivity index (χ2v) is 3.71. The summed E-state index contributed by atoms with van der Waals surface area (Å²) in [5.74, 6) is 0.316. The maximum absolute atomic E-state index is 10.9. The predicted molar refractivity (Wildman–Crippen MR) is 61.0 cm³/mol. The molecule has 1 atom stereocenters.